The first-order chi connectivity index (χ1) is 5.81. The van der Waals surface area contributed by atoms with Gasteiger partial charge in [0, 0.05) is 13.0 Å². The van der Waals surface area contributed by atoms with Gasteiger partial charge in [0.2, 0.25) is 0 Å². The first-order valence-electron chi connectivity index (χ1n) is 4.46. The van der Waals surface area contributed by atoms with Crippen LogP contribution in [0.4, 0.5) is 6.01 Å². The van der Waals surface area contributed by atoms with E-state index in [1.807, 2.05) is 14.0 Å². The normalized spacial score (nSPS) is 17.5. The summed E-state index contributed by atoms with van der Waals surface area (Å²) < 4.78 is 5.40. The molecule has 1 saturated carbocycles. The van der Waals surface area contributed by atoms with Crippen molar-refractivity contribution in [3.05, 3.63) is 11.5 Å². The minimum absolute atomic E-state index is 0.648. The van der Waals surface area contributed by atoms with E-state index in [4.69, 9.17) is 4.42 Å². The molecule has 0 amide bonds. The van der Waals surface area contributed by atoms with Crippen LogP contribution < -0.4 is 5.32 Å². The molecule has 1 aliphatic rings. The van der Waals surface area contributed by atoms with Crippen molar-refractivity contribution in [2.45, 2.75) is 32.1 Å². The zero-order valence-corrected chi connectivity index (χ0v) is 7.55. The summed E-state index contributed by atoms with van der Waals surface area (Å²) in [5.41, 5.74) is 1.16. The molecular formula is C9H14N2O. The number of hydrogen-bond donors (Lipinski definition) is 1. The monoisotopic (exact) mass is 166 g/mol. The van der Waals surface area contributed by atoms with Gasteiger partial charge in [-0.05, 0) is 19.8 Å². The molecule has 0 radical (unpaired) electrons. The van der Waals surface area contributed by atoms with Crippen molar-refractivity contribution in [2.24, 2.45) is 0 Å². The molecular weight excluding hydrogens is 152 g/mol. The van der Waals surface area contributed by atoms with Gasteiger partial charge in [0.25, 0.3) is 6.01 Å². The molecule has 0 bridgehead atoms. The highest BCUT2D eigenvalue weighted by Gasteiger charge is 2.25. The van der Waals surface area contributed by atoms with Gasteiger partial charge >= 0.3 is 0 Å². The Balaban J connectivity index is 2.23. The van der Waals surface area contributed by atoms with E-state index < -0.39 is 0 Å². The minimum Gasteiger partial charge on any atom is -0.429 e. The molecule has 1 aromatic heterocycles. The topological polar surface area (TPSA) is 38.1 Å². The Labute approximate surface area is 72.2 Å². The van der Waals surface area contributed by atoms with E-state index in [2.05, 4.69) is 10.3 Å². The predicted octanol–water partition coefficient (Wildman–Crippen LogP) is 2.29. The first kappa shape index (κ1) is 7.65. The molecule has 0 saturated heterocycles. The third kappa shape index (κ3) is 1.09. The lowest BCUT2D eigenvalue weighted by atomic mass is 9.82. The molecule has 0 unspecified atom stereocenters. The van der Waals surface area contributed by atoms with Gasteiger partial charge in [-0.1, -0.05) is 6.42 Å². The summed E-state index contributed by atoms with van der Waals surface area (Å²) in [7, 11) is 1.83. The Morgan fingerprint density at radius 2 is 2.25 bits per heavy atom. The van der Waals surface area contributed by atoms with Crippen LogP contribution >= 0.6 is 0 Å². The van der Waals surface area contributed by atoms with Crippen molar-refractivity contribution in [3.63, 3.8) is 0 Å². The van der Waals surface area contributed by atoms with Crippen molar-refractivity contribution in [1.82, 2.24) is 4.98 Å². The molecule has 1 fully saturated rings. The standard InChI is InChI=1S/C9H14N2O/c1-6-8(7-4-3-5-7)11-9(10-2)12-6/h7H,3-5H2,1-2H3,(H,10,11). The molecule has 1 N–H and O–H groups in total. The Hall–Kier alpha value is -0.990. The van der Waals surface area contributed by atoms with E-state index in [1.54, 1.807) is 0 Å². The van der Waals surface area contributed by atoms with Gasteiger partial charge in [0.1, 0.15) is 5.76 Å². The van der Waals surface area contributed by atoms with Crippen LogP contribution in [0.25, 0.3) is 0 Å². The third-order valence-corrected chi connectivity index (χ3v) is 2.54. The highest BCUT2D eigenvalue weighted by Crippen LogP contribution is 2.37. The molecule has 0 aliphatic heterocycles. The van der Waals surface area contributed by atoms with Crippen molar-refractivity contribution >= 4 is 6.01 Å². The fraction of sp³-hybridized carbons (Fsp3) is 0.667. The first-order valence-corrected chi connectivity index (χ1v) is 4.46. The quantitative estimate of drug-likeness (QED) is 0.732. The molecule has 0 aromatic carbocycles. The Morgan fingerprint density at radius 3 is 2.67 bits per heavy atom. The molecule has 3 heteroatoms. The summed E-state index contributed by atoms with van der Waals surface area (Å²) >= 11 is 0. The Morgan fingerprint density at radius 1 is 1.50 bits per heavy atom. The number of nitrogens with one attached hydrogen (secondary N) is 1. The van der Waals surface area contributed by atoms with Crippen molar-refractivity contribution in [2.75, 3.05) is 12.4 Å². The van der Waals surface area contributed by atoms with Crippen LogP contribution in [0.3, 0.4) is 0 Å². The number of rotatable bonds is 2. The van der Waals surface area contributed by atoms with Gasteiger partial charge in [0.05, 0.1) is 5.69 Å². The maximum absolute atomic E-state index is 5.40. The summed E-state index contributed by atoms with van der Waals surface area (Å²) in [4.78, 5) is 4.37. The molecule has 3 nitrogen and oxygen atoms in total. The third-order valence-electron chi connectivity index (χ3n) is 2.54. The molecule has 0 spiro atoms. The SMILES string of the molecule is CNc1nc(C2CCC2)c(C)o1. The van der Waals surface area contributed by atoms with Gasteiger partial charge in [-0.15, -0.1) is 0 Å². The van der Waals surface area contributed by atoms with Gasteiger partial charge < -0.3 is 9.73 Å². The van der Waals surface area contributed by atoms with E-state index in [1.165, 1.54) is 19.3 Å². The lowest BCUT2D eigenvalue weighted by Crippen LogP contribution is -2.10. The van der Waals surface area contributed by atoms with Crippen LogP contribution in [-0.2, 0) is 0 Å². The predicted molar refractivity (Wildman–Crippen MR) is 47.4 cm³/mol. The second-order valence-electron chi connectivity index (χ2n) is 3.34. The number of nitrogens with zero attached hydrogens (tertiary/aromatic N) is 1. The van der Waals surface area contributed by atoms with Gasteiger partial charge in [-0.25, -0.2) is 0 Å². The number of hydrogen-bond acceptors (Lipinski definition) is 3. The van der Waals surface area contributed by atoms with Crippen LogP contribution in [0.15, 0.2) is 4.42 Å². The molecule has 1 aromatic rings. The molecule has 1 heterocycles. The van der Waals surface area contributed by atoms with Gasteiger partial charge in [0.15, 0.2) is 0 Å². The average molecular weight is 166 g/mol. The summed E-state index contributed by atoms with van der Waals surface area (Å²) in [5, 5.41) is 2.91. The Kier molecular flexibility index (Phi) is 1.79. The molecule has 1 aliphatic carbocycles. The fourth-order valence-corrected chi connectivity index (χ4v) is 1.58. The highest BCUT2D eigenvalue weighted by atomic mass is 16.4. The zero-order valence-electron chi connectivity index (χ0n) is 7.55. The van der Waals surface area contributed by atoms with Gasteiger partial charge in [-0.3, -0.25) is 0 Å². The van der Waals surface area contributed by atoms with Crippen molar-refractivity contribution in [1.29, 1.82) is 0 Å². The van der Waals surface area contributed by atoms with E-state index in [0.717, 1.165) is 11.5 Å². The van der Waals surface area contributed by atoms with Crippen LogP contribution in [-0.4, -0.2) is 12.0 Å². The molecule has 12 heavy (non-hydrogen) atoms. The minimum atomic E-state index is 0.648. The summed E-state index contributed by atoms with van der Waals surface area (Å²) in [6.07, 6.45) is 3.89. The van der Waals surface area contributed by atoms with Crippen LogP contribution in [0, 0.1) is 6.92 Å². The number of aromatic nitrogens is 1. The van der Waals surface area contributed by atoms with Crippen LogP contribution in [0.2, 0.25) is 0 Å². The number of oxazole rings is 1. The average Bonchev–Trinajstić information content (AvgIpc) is 2.29. The fourth-order valence-electron chi connectivity index (χ4n) is 1.58. The molecule has 66 valence electrons. The maximum atomic E-state index is 5.40. The molecule has 0 atom stereocenters. The summed E-state index contributed by atoms with van der Waals surface area (Å²) in [5.74, 6) is 1.64. The zero-order chi connectivity index (χ0) is 8.55. The summed E-state index contributed by atoms with van der Waals surface area (Å²) in [6.45, 7) is 1.99. The van der Waals surface area contributed by atoms with Crippen LogP contribution in [0.5, 0.6) is 0 Å². The maximum Gasteiger partial charge on any atom is 0.294 e. The lowest BCUT2D eigenvalue weighted by molar-refractivity contribution is 0.405. The van der Waals surface area contributed by atoms with E-state index in [0.29, 0.717) is 11.9 Å². The highest BCUT2D eigenvalue weighted by molar-refractivity contribution is 5.27. The smallest absolute Gasteiger partial charge is 0.294 e. The largest absolute Gasteiger partial charge is 0.429 e. The molecule has 2 rings (SSSR count). The van der Waals surface area contributed by atoms with Crippen molar-refractivity contribution in [3.8, 4) is 0 Å². The lowest BCUT2D eigenvalue weighted by Gasteiger charge is -2.23. The number of anilines is 1. The van der Waals surface area contributed by atoms with E-state index in [9.17, 15) is 0 Å². The number of aryl methyl sites for hydroxylation is 1. The van der Waals surface area contributed by atoms with Gasteiger partial charge in [-0.2, -0.15) is 4.98 Å². The second kappa shape index (κ2) is 2.81. The Bertz CT molecular complexity index is 276. The van der Waals surface area contributed by atoms with Crippen molar-refractivity contribution < 1.29 is 4.42 Å². The van der Waals surface area contributed by atoms with E-state index in [-0.39, 0.29) is 0 Å². The summed E-state index contributed by atoms with van der Waals surface area (Å²) in [6, 6.07) is 0.648. The second-order valence-corrected chi connectivity index (χ2v) is 3.34. The van der Waals surface area contributed by atoms with E-state index >= 15 is 0 Å². The van der Waals surface area contributed by atoms with Crippen LogP contribution in [0.1, 0.15) is 36.6 Å².